The van der Waals surface area contributed by atoms with Gasteiger partial charge in [-0.1, -0.05) is 6.08 Å². The largest absolute Gasteiger partial charge is 0.394 e. The van der Waals surface area contributed by atoms with Crippen LogP contribution in [0.2, 0.25) is 0 Å². The Morgan fingerprint density at radius 3 is 2.63 bits per heavy atom. The fourth-order valence-electron chi connectivity index (χ4n) is 5.82. The second-order valence-corrected chi connectivity index (χ2v) is 12.1. The molecule has 4 N–H and O–H groups in total. The number of pyridine rings is 1. The Labute approximate surface area is 265 Å². The summed E-state index contributed by atoms with van der Waals surface area (Å²) in [5.74, 6) is 0.505. The normalized spacial score (nSPS) is 16.1. The van der Waals surface area contributed by atoms with E-state index in [2.05, 4.69) is 31.7 Å². The standard InChI is InChI=1S/C32H40N8O6/c1-4-7-39-30(43)25-17-33-31(36-29(25)40(39)28-16-24(42)15-27(35-28)32(2,3)44)34-22-5-6-26(21(14-22)18-45-13-12-41)38-10-8-37(9-11-38)23-19-46-20-23/h4-6,14-17,23,41,44H,1,7-13,18-20H2,2-3H3,(H,35,42)(H,33,34,36). The number of aliphatic hydroxyl groups excluding tert-OH is 1. The van der Waals surface area contributed by atoms with E-state index in [0.29, 0.717) is 18.3 Å². The topological polar surface area (TPSA) is 163 Å². The van der Waals surface area contributed by atoms with Gasteiger partial charge in [0.1, 0.15) is 11.2 Å². The Morgan fingerprint density at radius 2 is 1.96 bits per heavy atom. The maximum absolute atomic E-state index is 13.4. The molecule has 2 saturated heterocycles. The fourth-order valence-corrected chi connectivity index (χ4v) is 5.82. The number of aromatic nitrogens is 5. The van der Waals surface area contributed by atoms with Crippen LogP contribution in [0.3, 0.4) is 0 Å². The number of nitrogens with zero attached hydrogens (tertiary/aromatic N) is 6. The highest BCUT2D eigenvalue weighted by molar-refractivity contribution is 5.77. The highest BCUT2D eigenvalue weighted by atomic mass is 16.5. The van der Waals surface area contributed by atoms with E-state index in [1.54, 1.807) is 19.9 Å². The van der Waals surface area contributed by atoms with Gasteiger partial charge in [-0.25, -0.2) is 14.3 Å². The Balaban J connectivity index is 1.33. The molecule has 14 heteroatoms. The number of ether oxygens (including phenoxy) is 2. The highest BCUT2D eigenvalue weighted by Crippen LogP contribution is 2.29. The molecule has 0 spiro atoms. The zero-order chi connectivity index (χ0) is 32.4. The van der Waals surface area contributed by atoms with Crippen molar-refractivity contribution >= 4 is 28.4 Å². The molecule has 0 unspecified atom stereocenters. The number of H-pyrrole nitrogens is 1. The first kappa shape index (κ1) is 31.6. The monoisotopic (exact) mass is 632 g/mol. The number of fused-ring (bicyclic) bond motifs is 1. The predicted octanol–water partition coefficient (Wildman–Crippen LogP) is 1.46. The summed E-state index contributed by atoms with van der Waals surface area (Å²) in [6.45, 7) is 12.8. The smallest absolute Gasteiger partial charge is 0.278 e. The van der Waals surface area contributed by atoms with Crippen LogP contribution in [0.25, 0.3) is 16.9 Å². The van der Waals surface area contributed by atoms with Crippen molar-refractivity contribution in [3.63, 3.8) is 0 Å². The maximum Gasteiger partial charge on any atom is 0.278 e. The zero-order valence-electron chi connectivity index (χ0n) is 26.1. The van der Waals surface area contributed by atoms with E-state index in [0.717, 1.165) is 50.6 Å². The van der Waals surface area contributed by atoms with Gasteiger partial charge in [0, 0.05) is 61.4 Å². The van der Waals surface area contributed by atoms with Gasteiger partial charge >= 0.3 is 0 Å². The lowest BCUT2D eigenvalue weighted by molar-refractivity contribution is -0.0660. The number of aliphatic hydroxyl groups is 2. The number of benzene rings is 1. The third-order valence-electron chi connectivity index (χ3n) is 8.31. The minimum absolute atomic E-state index is 0.0690. The third-order valence-corrected chi connectivity index (χ3v) is 8.31. The van der Waals surface area contributed by atoms with E-state index in [1.165, 1.54) is 27.7 Å². The maximum atomic E-state index is 13.4. The first-order chi connectivity index (χ1) is 22.2. The van der Waals surface area contributed by atoms with Crippen molar-refractivity contribution in [2.45, 2.75) is 38.6 Å². The summed E-state index contributed by atoms with van der Waals surface area (Å²) in [5, 5.41) is 23.4. The molecule has 0 atom stereocenters. The van der Waals surface area contributed by atoms with Gasteiger partial charge in [-0.2, -0.15) is 4.98 Å². The molecule has 4 aromatic rings. The van der Waals surface area contributed by atoms with Crippen LogP contribution < -0.4 is 21.2 Å². The summed E-state index contributed by atoms with van der Waals surface area (Å²) in [5.41, 5.74) is 1.27. The zero-order valence-corrected chi connectivity index (χ0v) is 26.1. The molecule has 2 aliphatic heterocycles. The van der Waals surface area contributed by atoms with E-state index in [4.69, 9.17) is 14.5 Å². The molecule has 1 aromatic carbocycles. The first-order valence-electron chi connectivity index (χ1n) is 15.4. The van der Waals surface area contributed by atoms with Crippen molar-refractivity contribution < 1.29 is 19.7 Å². The lowest BCUT2D eigenvalue weighted by atomic mass is 10.1. The van der Waals surface area contributed by atoms with Crippen molar-refractivity contribution in [1.29, 1.82) is 0 Å². The van der Waals surface area contributed by atoms with Crippen LogP contribution in [0.5, 0.6) is 0 Å². The number of nitrogens with one attached hydrogen (secondary N) is 2. The Morgan fingerprint density at radius 1 is 1.17 bits per heavy atom. The highest BCUT2D eigenvalue weighted by Gasteiger charge is 2.29. The van der Waals surface area contributed by atoms with Crippen LogP contribution in [0.4, 0.5) is 17.3 Å². The van der Waals surface area contributed by atoms with Crippen LogP contribution in [-0.2, 0) is 28.2 Å². The second kappa shape index (κ2) is 13.2. The van der Waals surface area contributed by atoms with Crippen LogP contribution >= 0.6 is 0 Å². The van der Waals surface area contributed by atoms with E-state index < -0.39 is 5.60 Å². The first-order valence-corrected chi connectivity index (χ1v) is 15.4. The lowest BCUT2D eigenvalue weighted by Gasteiger charge is -2.43. The number of aromatic amines is 1. The number of allylic oxidation sites excluding steroid dienone is 1. The number of piperazine rings is 1. The van der Waals surface area contributed by atoms with Crippen molar-refractivity contribution in [2.75, 3.05) is 62.8 Å². The molecular formula is C32H40N8O6. The molecule has 2 aliphatic rings. The Bertz CT molecular complexity index is 1830. The van der Waals surface area contributed by atoms with Gasteiger partial charge in [-0.05, 0) is 32.0 Å². The Kier molecular flexibility index (Phi) is 9.06. The molecule has 14 nitrogen and oxygen atoms in total. The van der Waals surface area contributed by atoms with Crippen molar-refractivity contribution in [1.82, 2.24) is 29.2 Å². The number of anilines is 3. The summed E-state index contributed by atoms with van der Waals surface area (Å²) in [6.07, 6.45) is 3.03. The van der Waals surface area contributed by atoms with Gasteiger partial charge in [0.2, 0.25) is 5.95 Å². The summed E-state index contributed by atoms with van der Waals surface area (Å²) < 4.78 is 14.0. The quantitative estimate of drug-likeness (QED) is 0.132. The minimum atomic E-state index is -1.33. The molecule has 3 aromatic heterocycles. The van der Waals surface area contributed by atoms with Gasteiger partial charge in [-0.3, -0.25) is 14.5 Å². The Hall–Kier alpha value is -4.34. The van der Waals surface area contributed by atoms with Gasteiger partial charge in [-0.15, -0.1) is 6.58 Å². The van der Waals surface area contributed by atoms with Crippen molar-refractivity contribution in [3.05, 3.63) is 81.0 Å². The minimum Gasteiger partial charge on any atom is -0.394 e. The van der Waals surface area contributed by atoms with Gasteiger partial charge in [0.05, 0.1) is 56.9 Å². The molecule has 0 amide bonds. The van der Waals surface area contributed by atoms with Gasteiger partial charge in [0.15, 0.2) is 11.1 Å². The van der Waals surface area contributed by atoms with E-state index in [9.17, 15) is 19.8 Å². The average Bonchev–Trinajstić information content (AvgIpc) is 3.27. The molecule has 0 bridgehead atoms. The van der Waals surface area contributed by atoms with Gasteiger partial charge in [0.25, 0.3) is 5.56 Å². The number of hydrogen-bond donors (Lipinski definition) is 4. The molecule has 0 aliphatic carbocycles. The van der Waals surface area contributed by atoms with Crippen LogP contribution in [0.15, 0.2) is 58.8 Å². The number of hydrogen-bond acceptors (Lipinski definition) is 11. The summed E-state index contributed by atoms with van der Waals surface area (Å²) in [7, 11) is 0. The van der Waals surface area contributed by atoms with Crippen LogP contribution in [0, 0.1) is 0 Å². The van der Waals surface area contributed by atoms with Crippen LogP contribution in [-0.4, -0.2) is 98.1 Å². The molecular weight excluding hydrogens is 592 g/mol. The second-order valence-electron chi connectivity index (χ2n) is 12.1. The number of rotatable bonds is 12. The molecule has 5 heterocycles. The van der Waals surface area contributed by atoms with E-state index in [1.807, 2.05) is 18.2 Å². The molecule has 0 saturated carbocycles. The molecule has 2 fully saturated rings. The average molecular weight is 633 g/mol. The molecule has 6 rings (SSSR count). The molecule has 46 heavy (non-hydrogen) atoms. The van der Waals surface area contributed by atoms with Crippen LogP contribution in [0.1, 0.15) is 25.1 Å². The summed E-state index contributed by atoms with van der Waals surface area (Å²) in [4.78, 5) is 43.1. The van der Waals surface area contributed by atoms with Gasteiger partial charge < -0.3 is 34.9 Å². The molecule has 244 valence electrons. The third kappa shape index (κ3) is 6.48. The van der Waals surface area contributed by atoms with E-state index >= 15 is 0 Å². The summed E-state index contributed by atoms with van der Waals surface area (Å²) in [6, 6.07) is 9.15. The molecule has 0 radical (unpaired) electrons. The fraction of sp³-hybridized carbons (Fsp3) is 0.438. The SMILES string of the molecule is C=CCn1c(=O)c2cnc(Nc3ccc(N4CCN(C5COC5)CC4)c(COCCO)c3)nc2n1-c1cc(=O)cc(C(C)(C)O)[nH]1. The van der Waals surface area contributed by atoms with E-state index in [-0.39, 0.29) is 59.2 Å². The van der Waals surface area contributed by atoms with Crippen molar-refractivity contribution in [2.24, 2.45) is 0 Å². The predicted molar refractivity (Wildman–Crippen MR) is 174 cm³/mol. The summed E-state index contributed by atoms with van der Waals surface area (Å²) >= 11 is 0. The lowest BCUT2D eigenvalue weighted by Crippen LogP contribution is -2.56. The van der Waals surface area contributed by atoms with Crippen molar-refractivity contribution in [3.8, 4) is 5.82 Å².